The van der Waals surface area contributed by atoms with Crippen molar-refractivity contribution < 1.29 is 13.2 Å². The van der Waals surface area contributed by atoms with Gasteiger partial charge in [0.25, 0.3) is 0 Å². The van der Waals surface area contributed by atoms with E-state index in [4.69, 9.17) is 0 Å². The molecule has 2 heterocycles. The summed E-state index contributed by atoms with van der Waals surface area (Å²) < 4.78 is 37.6. The number of halogens is 3. The largest absolute Gasteiger partial charge is 0.434 e. The minimum absolute atomic E-state index is 0.167. The van der Waals surface area contributed by atoms with Crippen molar-refractivity contribution >= 4 is 17.3 Å². The normalized spacial score (nSPS) is 18.8. The van der Waals surface area contributed by atoms with Crippen LogP contribution in [0.2, 0.25) is 0 Å². The first-order valence-electron chi connectivity index (χ1n) is 7.26. The molecule has 124 valence electrons. The third-order valence-electron chi connectivity index (χ3n) is 3.52. The number of aliphatic imine (C=N–C) groups is 1. The van der Waals surface area contributed by atoms with Crippen molar-refractivity contribution in [3.05, 3.63) is 16.1 Å². The molecule has 1 saturated heterocycles. The lowest BCUT2D eigenvalue weighted by atomic mass is 9.93. The fourth-order valence-electron chi connectivity index (χ4n) is 2.38. The van der Waals surface area contributed by atoms with Gasteiger partial charge in [-0.1, -0.05) is 13.8 Å². The number of aromatic nitrogens is 1. The second kappa shape index (κ2) is 6.44. The Hall–Kier alpha value is -1.31. The SMILES string of the molecule is CCNC(=NCc1nc(C(F)(F)F)cs1)N1CCC(C)(C)C1. The van der Waals surface area contributed by atoms with Gasteiger partial charge in [-0.25, -0.2) is 9.98 Å². The van der Waals surface area contributed by atoms with E-state index in [0.29, 0.717) is 5.01 Å². The average molecular weight is 334 g/mol. The van der Waals surface area contributed by atoms with Crippen LogP contribution in [0.1, 0.15) is 37.9 Å². The second-order valence-electron chi connectivity index (χ2n) is 6.13. The van der Waals surface area contributed by atoms with Gasteiger partial charge in [0, 0.05) is 25.0 Å². The lowest BCUT2D eigenvalue weighted by Crippen LogP contribution is -2.40. The minimum Gasteiger partial charge on any atom is -0.357 e. The molecular weight excluding hydrogens is 313 g/mol. The van der Waals surface area contributed by atoms with Crippen LogP contribution < -0.4 is 5.32 Å². The van der Waals surface area contributed by atoms with E-state index in [2.05, 4.69) is 34.0 Å². The number of thiazole rings is 1. The van der Waals surface area contributed by atoms with Crippen molar-refractivity contribution in [1.29, 1.82) is 0 Å². The smallest absolute Gasteiger partial charge is 0.357 e. The molecule has 0 unspecified atom stereocenters. The van der Waals surface area contributed by atoms with E-state index in [1.54, 1.807) is 0 Å². The fraction of sp³-hybridized carbons (Fsp3) is 0.714. The zero-order valence-corrected chi connectivity index (χ0v) is 13.8. The van der Waals surface area contributed by atoms with E-state index in [1.807, 2.05) is 6.92 Å². The summed E-state index contributed by atoms with van der Waals surface area (Å²) in [4.78, 5) is 10.2. The van der Waals surface area contributed by atoms with Crippen molar-refractivity contribution in [3.8, 4) is 0 Å². The Morgan fingerprint density at radius 2 is 2.23 bits per heavy atom. The van der Waals surface area contributed by atoms with Crippen LogP contribution in [0, 0.1) is 5.41 Å². The Morgan fingerprint density at radius 3 is 2.73 bits per heavy atom. The minimum atomic E-state index is -4.39. The van der Waals surface area contributed by atoms with Crippen molar-refractivity contribution in [2.75, 3.05) is 19.6 Å². The number of nitrogens with zero attached hydrogens (tertiary/aromatic N) is 3. The molecule has 22 heavy (non-hydrogen) atoms. The van der Waals surface area contributed by atoms with Crippen LogP contribution in [-0.2, 0) is 12.7 Å². The molecule has 0 radical (unpaired) electrons. The monoisotopic (exact) mass is 334 g/mol. The number of nitrogens with one attached hydrogen (secondary N) is 1. The van der Waals surface area contributed by atoms with Gasteiger partial charge in [0.1, 0.15) is 5.01 Å². The number of guanidine groups is 1. The molecule has 1 fully saturated rings. The number of hydrogen-bond acceptors (Lipinski definition) is 3. The highest BCUT2D eigenvalue weighted by Crippen LogP contribution is 2.31. The summed E-state index contributed by atoms with van der Waals surface area (Å²) >= 11 is 0.994. The molecule has 1 aromatic heterocycles. The Bertz CT molecular complexity index is 536. The summed E-state index contributed by atoms with van der Waals surface area (Å²) in [6, 6.07) is 0. The van der Waals surface area contributed by atoms with Gasteiger partial charge in [-0.15, -0.1) is 11.3 Å². The Morgan fingerprint density at radius 1 is 1.50 bits per heavy atom. The van der Waals surface area contributed by atoms with Crippen molar-refractivity contribution in [2.45, 2.75) is 39.9 Å². The molecule has 1 aliphatic rings. The summed E-state index contributed by atoms with van der Waals surface area (Å²) in [7, 11) is 0. The molecule has 0 aromatic carbocycles. The van der Waals surface area contributed by atoms with E-state index in [0.717, 1.165) is 48.7 Å². The number of likely N-dealkylation sites (tertiary alicyclic amines) is 1. The van der Waals surface area contributed by atoms with Gasteiger partial charge < -0.3 is 10.2 Å². The molecule has 1 N–H and O–H groups in total. The molecule has 0 atom stereocenters. The maximum Gasteiger partial charge on any atom is 0.434 e. The Labute approximate surface area is 132 Å². The first-order chi connectivity index (χ1) is 10.2. The van der Waals surface area contributed by atoms with Gasteiger partial charge in [0.05, 0.1) is 6.54 Å². The number of alkyl halides is 3. The van der Waals surface area contributed by atoms with Gasteiger partial charge in [-0.3, -0.25) is 0 Å². The summed E-state index contributed by atoms with van der Waals surface area (Å²) in [6.45, 7) is 9.07. The van der Waals surface area contributed by atoms with Crippen molar-refractivity contribution in [1.82, 2.24) is 15.2 Å². The highest BCUT2D eigenvalue weighted by atomic mass is 32.1. The Kier molecular flexibility index (Phi) is 4.99. The van der Waals surface area contributed by atoms with Crippen LogP contribution in [0.4, 0.5) is 13.2 Å². The quantitative estimate of drug-likeness (QED) is 0.681. The summed E-state index contributed by atoms with van der Waals surface area (Å²) in [6.07, 6.45) is -3.31. The molecule has 0 saturated carbocycles. The molecule has 0 spiro atoms. The Balaban J connectivity index is 2.06. The highest BCUT2D eigenvalue weighted by Gasteiger charge is 2.34. The average Bonchev–Trinajstić information content (AvgIpc) is 3.00. The molecule has 4 nitrogen and oxygen atoms in total. The third kappa shape index (κ3) is 4.34. The highest BCUT2D eigenvalue weighted by molar-refractivity contribution is 7.09. The first kappa shape index (κ1) is 17.1. The van der Waals surface area contributed by atoms with Gasteiger partial charge in [-0.05, 0) is 18.8 Å². The molecule has 0 bridgehead atoms. The van der Waals surface area contributed by atoms with E-state index in [-0.39, 0.29) is 12.0 Å². The lowest BCUT2D eigenvalue weighted by Gasteiger charge is -2.23. The fourth-order valence-corrected chi connectivity index (χ4v) is 3.10. The van der Waals surface area contributed by atoms with Crippen molar-refractivity contribution in [2.24, 2.45) is 10.4 Å². The van der Waals surface area contributed by atoms with Crippen LogP contribution in [0.25, 0.3) is 0 Å². The standard InChI is InChI=1S/C14H21F3N4S/c1-4-18-12(21-6-5-13(2,3)9-21)19-7-11-20-10(8-22-11)14(15,16)17/h8H,4-7,9H2,1-3H3,(H,18,19). The topological polar surface area (TPSA) is 40.5 Å². The maximum absolute atomic E-state index is 12.5. The molecule has 0 amide bonds. The van der Waals surface area contributed by atoms with Crippen LogP contribution >= 0.6 is 11.3 Å². The van der Waals surface area contributed by atoms with Crippen LogP contribution in [-0.4, -0.2) is 35.5 Å². The predicted molar refractivity (Wildman–Crippen MR) is 81.9 cm³/mol. The summed E-state index contributed by atoms with van der Waals surface area (Å²) in [5.74, 6) is 0.747. The lowest BCUT2D eigenvalue weighted by molar-refractivity contribution is -0.140. The number of rotatable bonds is 3. The maximum atomic E-state index is 12.5. The van der Waals surface area contributed by atoms with Crippen LogP contribution in [0.15, 0.2) is 10.4 Å². The zero-order valence-electron chi connectivity index (χ0n) is 13.0. The van der Waals surface area contributed by atoms with Crippen molar-refractivity contribution in [3.63, 3.8) is 0 Å². The van der Waals surface area contributed by atoms with E-state index >= 15 is 0 Å². The van der Waals surface area contributed by atoms with Gasteiger partial charge in [-0.2, -0.15) is 13.2 Å². The first-order valence-corrected chi connectivity index (χ1v) is 8.14. The molecule has 2 rings (SSSR count). The zero-order chi connectivity index (χ0) is 16.4. The van der Waals surface area contributed by atoms with Gasteiger partial charge >= 0.3 is 6.18 Å². The predicted octanol–water partition coefficient (Wildman–Crippen LogP) is 3.36. The van der Waals surface area contributed by atoms with E-state index in [1.165, 1.54) is 0 Å². The molecular formula is C14H21F3N4S. The molecule has 1 aromatic rings. The second-order valence-corrected chi connectivity index (χ2v) is 7.07. The van der Waals surface area contributed by atoms with Gasteiger partial charge in [0.15, 0.2) is 11.7 Å². The molecule has 1 aliphatic heterocycles. The van der Waals surface area contributed by atoms with Crippen LogP contribution in [0.3, 0.4) is 0 Å². The summed E-state index contributed by atoms with van der Waals surface area (Å²) in [5.41, 5.74) is -0.601. The van der Waals surface area contributed by atoms with Gasteiger partial charge in [0.2, 0.25) is 0 Å². The third-order valence-corrected chi connectivity index (χ3v) is 4.35. The molecule has 0 aliphatic carbocycles. The van der Waals surface area contributed by atoms with E-state index in [9.17, 15) is 13.2 Å². The van der Waals surface area contributed by atoms with E-state index < -0.39 is 11.9 Å². The van der Waals surface area contributed by atoms with Crippen LogP contribution in [0.5, 0.6) is 0 Å². The molecule has 8 heteroatoms. The summed E-state index contributed by atoms with van der Waals surface area (Å²) in [5, 5.41) is 4.61. The number of hydrogen-bond donors (Lipinski definition) is 1.